The van der Waals surface area contributed by atoms with Gasteiger partial charge in [0.2, 0.25) is 0 Å². The summed E-state index contributed by atoms with van der Waals surface area (Å²) in [4.78, 5) is 9.86. The van der Waals surface area contributed by atoms with Gasteiger partial charge in [-0.2, -0.15) is 0 Å². The van der Waals surface area contributed by atoms with Crippen LogP contribution in [0.2, 0.25) is 0 Å². The molecule has 2 aliphatic rings. The summed E-state index contributed by atoms with van der Waals surface area (Å²) >= 11 is 0. The molecule has 0 aliphatic carbocycles. The van der Waals surface area contributed by atoms with E-state index in [-0.39, 0.29) is 5.54 Å². The summed E-state index contributed by atoms with van der Waals surface area (Å²) in [6.45, 7) is 21.6. The van der Waals surface area contributed by atoms with E-state index in [1.54, 1.807) is 0 Å². The Labute approximate surface area is 142 Å². The molecule has 23 heavy (non-hydrogen) atoms. The third-order valence-electron chi connectivity index (χ3n) is 5.70. The van der Waals surface area contributed by atoms with Gasteiger partial charge in [-0.3, -0.25) is 9.89 Å². The van der Waals surface area contributed by atoms with Crippen LogP contribution in [-0.2, 0) is 4.74 Å². The Balaban J connectivity index is 1.91. The molecule has 2 aliphatic heterocycles. The average molecular weight is 325 g/mol. The van der Waals surface area contributed by atoms with Gasteiger partial charge < -0.3 is 15.0 Å². The van der Waals surface area contributed by atoms with Crippen molar-refractivity contribution in [1.29, 1.82) is 0 Å². The summed E-state index contributed by atoms with van der Waals surface area (Å²) in [5.74, 6) is 1.64. The number of hydrogen-bond acceptors (Lipinski definition) is 3. The summed E-state index contributed by atoms with van der Waals surface area (Å²) in [6.07, 6.45) is 0. The summed E-state index contributed by atoms with van der Waals surface area (Å²) in [7, 11) is 0. The van der Waals surface area contributed by atoms with E-state index in [0.717, 1.165) is 58.4 Å². The van der Waals surface area contributed by atoms with Crippen LogP contribution in [0.25, 0.3) is 0 Å². The quantitative estimate of drug-likeness (QED) is 0.621. The van der Waals surface area contributed by atoms with E-state index in [1.165, 1.54) is 0 Å². The van der Waals surface area contributed by atoms with Crippen molar-refractivity contribution in [1.82, 2.24) is 15.1 Å². The highest BCUT2D eigenvalue weighted by molar-refractivity contribution is 5.82. The molecule has 0 bridgehead atoms. The fraction of sp³-hybridized carbons (Fsp3) is 0.944. The molecule has 2 heterocycles. The first-order valence-electron chi connectivity index (χ1n) is 9.14. The first kappa shape index (κ1) is 18.5. The maximum Gasteiger partial charge on any atom is 0.194 e. The molecule has 5 heteroatoms. The molecule has 2 rings (SSSR count). The van der Waals surface area contributed by atoms with E-state index in [9.17, 15) is 0 Å². The lowest BCUT2D eigenvalue weighted by atomic mass is 9.65. The minimum absolute atomic E-state index is 0.154. The molecule has 0 saturated carbocycles. The normalized spacial score (nSPS) is 25.8. The Morgan fingerprint density at radius 2 is 1.87 bits per heavy atom. The number of nitrogens with one attached hydrogen (secondary N) is 1. The molecule has 1 N–H and O–H groups in total. The minimum Gasteiger partial charge on any atom is -0.379 e. The third kappa shape index (κ3) is 4.18. The fourth-order valence-corrected chi connectivity index (χ4v) is 3.32. The molecule has 1 atom stereocenters. The second-order valence-electron chi connectivity index (χ2n) is 8.24. The largest absolute Gasteiger partial charge is 0.379 e. The number of ether oxygens (including phenoxy) is 1. The molecule has 5 nitrogen and oxygen atoms in total. The highest BCUT2D eigenvalue weighted by atomic mass is 16.5. The van der Waals surface area contributed by atoms with Crippen LogP contribution < -0.4 is 5.32 Å². The van der Waals surface area contributed by atoms with Crippen molar-refractivity contribution in [3.05, 3.63) is 0 Å². The van der Waals surface area contributed by atoms with E-state index < -0.39 is 0 Å². The van der Waals surface area contributed by atoms with Crippen LogP contribution in [0.15, 0.2) is 4.99 Å². The van der Waals surface area contributed by atoms with Crippen molar-refractivity contribution >= 4 is 5.96 Å². The van der Waals surface area contributed by atoms with Crippen molar-refractivity contribution in [3.8, 4) is 0 Å². The lowest BCUT2D eigenvalue weighted by Crippen LogP contribution is -2.72. The summed E-state index contributed by atoms with van der Waals surface area (Å²) in [5.41, 5.74) is 0.490. The van der Waals surface area contributed by atoms with Gasteiger partial charge in [-0.25, -0.2) is 0 Å². The first-order valence-corrected chi connectivity index (χ1v) is 9.14. The van der Waals surface area contributed by atoms with E-state index in [4.69, 9.17) is 9.73 Å². The number of aliphatic imine (C=N–C) groups is 1. The molecule has 0 aromatic heterocycles. The SMILES string of the molecule is CCNC(=NCC(C)CN1CCOCC1)N1CC(C)(C)C1(C)C. The topological polar surface area (TPSA) is 40.1 Å². The van der Waals surface area contributed by atoms with E-state index in [0.29, 0.717) is 11.3 Å². The van der Waals surface area contributed by atoms with Crippen molar-refractivity contribution in [2.75, 3.05) is 52.5 Å². The van der Waals surface area contributed by atoms with Crippen molar-refractivity contribution in [2.24, 2.45) is 16.3 Å². The number of nitrogens with zero attached hydrogens (tertiary/aromatic N) is 3. The summed E-state index contributed by atoms with van der Waals surface area (Å²) in [6, 6.07) is 0. The zero-order chi connectivity index (χ0) is 17.1. The molecule has 1 unspecified atom stereocenters. The summed E-state index contributed by atoms with van der Waals surface area (Å²) in [5, 5.41) is 3.48. The lowest BCUT2D eigenvalue weighted by molar-refractivity contribution is -0.0668. The highest BCUT2D eigenvalue weighted by Gasteiger charge is 2.53. The monoisotopic (exact) mass is 324 g/mol. The van der Waals surface area contributed by atoms with E-state index >= 15 is 0 Å². The molecule has 0 aromatic carbocycles. The molecule has 2 saturated heterocycles. The highest BCUT2D eigenvalue weighted by Crippen LogP contribution is 2.46. The van der Waals surface area contributed by atoms with Gasteiger partial charge >= 0.3 is 0 Å². The maximum absolute atomic E-state index is 5.42. The zero-order valence-corrected chi connectivity index (χ0v) is 16.0. The maximum atomic E-state index is 5.42. The standard InChI is InChI=1S/C18H36N4O/c1-7-19-16(22-14-17(3,4)18(22,5)6)20-12-15(2)13-21-8-10-23-11-9-21/h15H,7-14H2,1-6H3,(H,19,20). The first-order chi connectivity index (χ1) is 10.8. The van der Waals surface area contributed by atoms with Crippen LogP contribution in [0.1, 0.15) is 41.5 Å². The fourth-order valence-electron chi connectivity index (χ4n) is 3.32. The van der Waals surface area contributed by atoms with Gasteiger partial charge in [0.1, 0.15) is 0 Å². The lowest BCUT2D eigenvalue weighted by Gasteiger charge is -2.62. The number of rotatable bonds is 5. The molecule has 0 radical (unpaired) electrons. The second kappa shape index (κ2) is 7.39. The molecule has 0 aromatic rings. The Hall–Kier alpha value is -0.810. The van der Waals surface area contributed by atoms with Gasteiger partial charge in [-0.05, 0) is 26.7 Å². The Morgan fingerprint density at radius 1 is 1.22 bits per heavy atom. The van der Waals surface area contributed by atoms with Gasteiger partial charge in [-0.15, -0.1) is 0 Å². The molecule has 0 spiro atoms. The number of morpholine rings is 1. The zero-order valence-electron chi connectivity index (χ0n) is 16.0. The molecular weight excluding hydrogens is 288 g/mol. The smallest absolute Gasteiger partial charge is 0.194 e. The molecule has 0 amide bonds. The third-order valence-corrected chi connectivity index (χ3v) is 5.70. The van der Waals surface area contributed by atoms with E-state index in [2.05, 4.69) is 56.7 Å². The van der Waals surface area contributed by atoms with Gasteiger partial charge in [0.05, 0.1) is 13.2 Å². The predicted octanol–water partition coefficient (Wildman–Crippen LogP) is 2.04. The van der Waals surface area contributed by atoms with Crippen molar-refractivity contribution < 1.29 is 4.74 Å². The molecule has 134 valence electrons. The van der Waals surface area contributed by atoms with Crippen LogP contribution in [0.5, 0.6) is 0 Å². The predicted molar refractivity (Wildman–Crippen MR) is 97.0 cm³/mol. The summed E-state index contributed by atoms with van der Waals surface area (Å²) < 4.78 is 5.42. The minimum atomic E-state index is 0.154. The average Bonchev–Trinajstić information content (AvgIpc) is 2.50. The van der Waals surface area contributed by atoms with Gasteiger partial charge in [0.25, 0.3) is 0 Å². The van der Waals surface area contributed by atoms with Crippen LogP contribution in [0, 0.1) is 11.3 Å². The number of hydrogen-bond donors (Lipinski definition) is 1. The number of guanidine groups is 1. The van der Waals surface area contributed by atoms with Crippen LogP contribution >= 0.6 is 0 Å². The van der Waals surface area contributed by atoms with Crippen LogP contribution in [0.4, 0.5) is 0 Å². The van der Waals surface area contributed by atoms with Crippen LogP contribution in [-0.4, -0.2) is 73.8 Å². The van der Waals surface area contributed by atoms with Crippen molar-refractivity contribution in [2.45, 2.75) is 47.1 Å². The van der Waals surface area contributed by atoms with Crippen molar-refractivity contribution in [3.63, 3.8) is 0 Å². The van der Waals surface area contributed by atoms with Gasteiger partial charge in [-0.1, -0.05) is 20.8 Å². The van der Waals surface area contributed by atoms with E-state index in [1.807, 2.05) is 0 Å². The number of likely N-dealkylation sites (tertiary alicyclic amines) is 1. The Bertz CT molecular complexity index is 413. The second-order valence-corrected chi connectivity index (χ2v) is 8.24. The Morgan fingerprint density at radius 3 is 2.39 bits per heavy atom. The van der Waals surface area contributed by atoms with Gasteiger partial charge in [0, 0.05) is 50.2 Å². The Kier molecular flexibility index (Phi) is 5.95. The van der Waals surface area contributed by atoms with Crippen LogP contribution in [0.3, 0.4) is 0 Å². The molecule has 2 fully saturated rings. The molecular formula is C18H36N4O. The van der Waals surface area contributed by atoms with Gasteiger partial charge in [0.15, 0.2) is 5.96 Å².